The molecular formula is C18H17F5N6O2S. The van der Waals surface area contributed by atoms with Crippen molar-refractivity contribution in [1.82, 2.24) is 24.5 Å². The monoisotopic (exact) mass is 476 g/mol. The van der Waals surface area contributed by atoms with Gasteiger partial charge in [-0.1, -0.05) is 18.0 Å². The molecule has 0 aliphatic rings. The number of ether oxygens (including phenoxy) is 1. The molecule has 3 rings (SSSR count). The van der Waals surface area contributed by atoms with Crippen LogP contribution in [0.1, 0.15) is 23.9 Å². The molecule has 0 bridgehead atoms. The number of anilines is 1. The van der Waals surface area contributed by atoms with Crippen molar-refractivity contribution in [2.75, 3.05) is 25.2 Å². The molecule has 0 amide bonds. The summed E-state index contributed by atoms with van der Waals surface area (Å²) in [6.07, 6.45) is 1.49. The van der Waals surface area contributed by atoms with E-state index in [1.807, 2.05) is 10.6 Å². The highest BCUT2D eigenvalue weighted by Gasteiger charge is 2.21. The molecule has 0 fully saturated rings. The van der Waals surface area contributed by atoms with E-state index in [4.69, 9.17) is 4.42 Å². The normalized spacial score (nSPS) is 12.6. The fourth-order valence-corrected chi connectivity index (χ4v) is 2.93. The quantitative estimate of drug-likeness (QED) is 0.334. The van der Waals surface area contributed by atoms with Gasteiger partial charge in [0.1, 0.15) is 11.6 Å². The van der Waals surface area contributed by atoms with Crippen molar-refractivity contribution >= 4 is 17.9 Å². The van der Waals surface area contributed by atoms with Gasteiger partial charge in [-0.2, -0.15) is 17.6 Å². The van der Waals surface area contributed by atoms with Crippen molar-refractivity contribution in [2.24, 2.45) is 0 Å². The van der Waals surface area contributed by atoms with Crippen LogP contribution in [0.4, 0.5) is 27.9 Å². The number of hydrogen-bond acceptors (Lipinski definition) is 9. The summed E-state index contributed by atoms with van der Waals surface area (Å²) in [7, 11) is 1.78. The van der Waals surface area contributed by atoms with E-state index in [0.29, 0.717) is 6.54 Å². The summed E-state index contributed by atoms with van der Waals surface area (Å²) in [5.41, 5.74) is 0.395. The molecule has 0 spiro atoms. The maximum Gasteiger partial charge on any atom is 0.387 e. The molecule has 1 N–H and O–H groups in total. The van der Waals surface area contributed by atoms with E-state index in [1.54, 1.807) is 7.05 Å². The molecular weight excluding hydrogens is 459 g/mol. The Hall–Kier alpha value is -3.00. The summed E-state index contributed by atoms with van der Waals surface area (Å²) in [5.74, 6) is -1.95. The van der Waals surface area contributed by atoms with E-state index >= 15 is 0 Å². The predicted octanol–water partition coefficient (Wildman–Crippen LogP) is 4.57. The second-order valence-corrected chi connectivity index (χ2v) is 7.28. The van der Waals surface area contributed by atoms with Crippen LogP contribution in [0.3, 0.4) is 0 Å². The SMILES string of the molecule is CSN(C)CC(Nc1ncc(-c2nnc(C(F)F)o2)cn1)c1ccc(OC(F)F)cc1F. The van der Waals surface area contributed by atoms with E-state index in [9.17, 15) is 22.0 Å². The van der Waals surface area contributed by atoms with Crippen molar-refractivity contribution in [3.8, 4) is 17.2 Å². The molecule has 3 aromatic rings. The average molecular weight is 476 g/mol. The molecule has 0 aliphatic heterocycles. The number of nitrogens with zero attached hydrogens (tertiary/aromatic N) is 5. The standard InChI is InChI=1S/C18H17F5N6O2S/c1-29(32-2)8-13(11-4-3-10(5-12(11)19)30-17(22)23)26-18-24-6-9(7-25-18)15-27-28-16(31-15)14(20)21/h3-7,13-14,17H,8H2,1-2H3,(H,24,25,26). The van der Waals surface area contributed by atoms with Crippen molar-refractivity contribution < 1.29 is 31.1 Å². The Morgan fingerprint density at radius 3 is 2.44 bits per heavy atom. The first-order chi connectivity index (χ1) is 15.3. The van der Waals surface area contributed by atoms with Crippen LogP contribution in [0.25, 0.3) is 11.5 Å². The van der Waals surface area contributed by atoms with Crippen molar-refractivity contribution in [2.45, 2.75) is 19.1 Å². The minimum Gasteiger partial charge on any atom is -0.435 e. The largest absolute Gasteiger partial charge is 0.435 e. The van der Waals surface area contributed by atoms with Crippen LogP contribution in [0.5, 0.6) is 5.75 Å². The second-order valence-electron chi connectivity index (χ2n) is 6.29. The van der Waals surface area contributed by atoms with E-state index in [0.717, 1.165) is 6.07 Å². The molecule has 2 aromatic heterocycles. The Morgan fingerprint density at radius 2 is 1.88 bits per heavy atom. The van der Waals surface area contributed by atoms with Crippen LogP contribution >= 0.6 is 11.9 Å². The molecule has 0 saturated carbocycles. The third-order valence-electron chi connectivity index (χ3n) is 4.15. The maximum atomic E-state index is 14.6. The molecule has 14 heteroatoms. The fourth-order valence-electron chi connectivity index (χ4n) is 2.63. The summed E-state index contributed by atoms with van der Waals surface area (Å²) in [4.78, 5) is 8.17. The van der Waals surface area contributed by atoms with E-state index in [1.165, 1.54) is 36.5 Å². The van der Waals surface area contributed by atoms with Crippen molar-refractivity contribution in [3.63, 3.8) is 0 Å². The Kier molecular flexibility index (Phi) is 7.80. The molecule has 8 nitrogen and oxygen atoms in total. The first-order valence-electron chi connectivity index (χ1n) is 8.96. The highest BCUT2D eigenvalue weighted by molar-refractivity contribution is 7.96. The smallest absolute Gasteiger partial charge is 0.387 e. The number of hydrogen-bond donors (Lipinski definition) is 1. The minimum absolute atomic E-state index is 0.106. The zero-order valence-corrected chi connectivity index (χ0v) is 17.5. The van der Waals surface area contributed by atoms with Crippen LogP contribution in [0, 0.1) is 5.82 Å². The van der Waals surface area contributed by atoms with E-state index in [2.05, 4.69) is 30.2 Å². The second kappa shape index (κ2) is 10.5. The number of halogens is 5. The van der Waals surface area contributed by atoms with Gasteiger partial charge in [0.2, 0.25) is 5.95 Å². The summed E-state index contributed by atoms with van der Waals surface area (Å²) < 4.78 is 75.5. The third kappa shape index (κ3) is 6.03. The minimum atomic E-state index is -3.07. The van der Waals surface area contributed by atoms with Gasteiger partial charge in [0.05, 0.1) is 11.6 Å². The van der Waals surface area contributed by atoms with Gasteiger partial charge < -0.3 is 14.5 Å². The fraction of sp³-hybridized carbons (Fsp3) is 0.333. The highest BCUT2D eigenvalue weighted by Crippen LogP contribution is 2.27. The van der Waals surface area contributed by atoms with Gasteiger partial charge in [-0.15, -0.1) is 10.2 Å². The molecule has 1 unspecified atom stereocenters. The summed E-state index contributed by atoms with van der Waals surface area (Å²) in [6.45, 7) is -2.76. The Balaban J connectivity index is 1.81. The molecule has 1 atom stereocenters. The lowest BCUT2D eigenvalue weighted by atomic mass is 10.1. The first kappa shape index (κ1) is 23.7. The number of likely N-dealkylation sites (N-methyl/N-ethyl adjacent to an activating group) is 1. The van der Waals surface area contributed by atoms with Crippen LogP contribution < -0.4 is 10.1 Å². The zero-order chi connectivity index (χ0) is 23.3. The molecule has 0 aliphatic carbocycles. The van der Waals surface area contributed by atoms with Gasteiger partial charge >= 0.3 is 13.0 Å². The predicted molar refractivity (Wildman–Crippen MR) is 106 cm³/mol. The lowest BCUT2D eigenvalue weighted by molar-refractivity contribution is -0.0500. The molecule has 172 valence electrons. The summed E-state index contributed by atoms with van der Waals surface area (Å²) >= 11 is 1.40. The number of benzene rings is 1. The lowest BCUT2D eigenvalue weighted by Gasteiger charge is -2.24. The zero-order valence-electron chi connectivity index (χ0n) is 16.7. The van der Waals surface area contributed by atoms with Crippen LogP contribution in [0.15, 0.2) is 35.0 Å². The Morgan fingerprint density at radius 1 is 1.16 bits per heavy atom. The van der Waals surface area contributed by atoms with Gasteiger partial charge in [-0.05, 0) is 19.4 Å². The molecule has 1 aromatic carbocycles. The van der Waals surface area contributed by atoms with Crippen LogP contribution in [-0.4, -0.2) is 50.9 Å². The molecule has 0 radical (unpaired) electrons. The summed E-state index contributed by atoms with van der Waals surface area (Å²) in [5, 5.41) is 9.72. The Labute approximate surface area is 183 Å². The lowest BCUT2D eigenvalue weighted by Crippen LogP contribution is -2.25. The van der Waals surface area contributed by atoms with Gasteiger partial charge in [0.25, 0.3) is 11.8 Å². The first-order valence-corrected chi connectivity index (χ1v) is 10.1. The number of alkyl halides is 4. The number of nitrogens with one attached hydrogen (secondary N) is 1. The number of aromatic nitrogens is 4. The number of rotatable bonds is 10. The van der Waals surface area contributed by atoms with E-state index < -0.39 is 30.8 Å². The van der Waals surface area contributed by atoms with Crippen LogP contribution in [0.2, 0.25) is 0 Å². The van der Waals surface area contributed by atoms with Gasteiger partial charge in [-0.25, -0.2) is 14.4 Å². The molecule has 2 heterocycles. The Bertz CT molecular complexity index is 1020. The highest BCUT2D eigenvalue weighted by atomic mass is 32.2. The van der Waals surface area contributed by atoms with Crippen molar-refractivity contribution in [1.29, 1.82) is 0 Å². The van der Waals surface area contributed by atoms with Crippen molar-refractivity contribution in [3.05, 3.63) is 47.9 Å². The van der Waals surface area contributed by atoms with Gasteiger partial charge in [0, 0.05) is 30.6 Å². The van der Waals surface area contributed by atoms with Crippen LogP contribution in [-0.2, 0) is 0 Å². The topological polar surface area (TPSA) is 89.2 Å². The third-order valence-corrected chi connectivity index (χ3v) is 4.93. The van der Waals surface area contributed by atoms with Gasteiger partial charge in [-0.3, -0.25) is 4.31 Å². The van der Waals surface area contributed by atoms with E-state index in [-0.39, 0.29) is 28.7 Å². The van der Waals surface area contributed by atoms with Gasteiger partial charge in [0.15, 0.2) is 0 Å². The average Bonchev–Trinajstić information content (AvgIpc) is 3.24. The molecule has 32 heavy (non-hydrogen) atoms. The molecule has 0 saturated heterocycles. The maximum absolute atomic E-state index is 14.6. The summed E-state index contributed by atoms with van der Waals surface area (Å²) in [6, 6.07) is 2.78.